The van der Waals surface area contributed by atoms with Gasteiger partial charge in [0.05, 0.1) is 28.1 Å². The predicted octanol–water partition coefficient (Wildman–Crippen LogP) is 3.63. The zero-order valence-corrected chi connectivity index (χ0v) is 16.9. The van der Waals surface area contributed by atoms with Crippen molar-refractivity contribution >= 4 is 28.4 Å². The number of carbonyl (C=O) groups is 1. The maximum atomic E-state index is 12.1. The van der Waals surface area contributed by atoms with Crippen LogP contribution in [-0.2, 0) is 4.74 Å². The van der Waals surface area contributed by atoms with Crippen LogP contribution in [0.3, 0.4) is 0 Å². The van der Waals surface area contributed by atoms with Crippen LogP contribution in [0.2, 0.25) is 0 Å². The molecule has 0 spiro atoms. The number of hydrogen-bond donors (Lipinski definition) is 1. The van der Waals surface area contributed by atoms with Crippen LogP contribution in [0.25, 0.3) is 10.9 Å². The minimum absolute atomic E-state index is 0.0497. The summed E-state index contributed by atoms with van der Waals surface area (Å²) in [5.41, 5.74) is 0.897. The number of anilines is 1. The highest BCUT2D eigenvalue weighted by atomic mass is 16.6. The zero-order valence-electron chi connectivity index (χ0n) is 16.9. The van der Waals surface area contributed by atoms with E-state index in [0.717, 1.165) is 10.9 Å². The normalized spacial score (nSPS) is 17.4. The fourth-order valence-electron chi connectivity index (χ4n) is 3.54. The van der Waals surface area contributed by atoms with Crippen molar-refractivity contribution in [1.29, 1.82) is 0 Å². The van der Waals surface area contributed by atoms with E-state index in [1.165, 1.54) is 6.07 Å². The first-order valence-corrected chi connectivity index (χ1v) is 9.46. The number of alkyl carbamates (subject to hydrolysis) is 1. The first kappa shape index (κ1) is 19.9. The third-order valence-corrected chi connectivity index (χ3v) is 4.64. The highest BCUT2D eigenvalue weighted by molar-refractivity contribution is 5.97. The molecule has 1 N–H and O–H groups in total. The fraction of sp³-hybridized carbons (Fsp3) is 0.579. The molecule has 1 aliphatic heterocycles. The van der Waals surface area contributed by atoms with Crippen LogP contribution in [0.5, 0.6) is 0 Å². The number of nitrogens with one attached hydrogen (secondary N) is 1. The summed E-state index contributed by atoms with van der Waals surface area (Å²) in [6.07, 6.45) is 1.90. The molecule has 1 aliphatic rings. The van der Waals surface area contributed by atoms with E-state index in [9.17, 15) is 14.9 Å². The van der Waals surface area contributed by atoms with Gasteiger partial charge in [0, 0.05) is 25.2 Å². The number of hydrogen-bond acceptors (Lipinski definition) is 6. The largest absolute Gasteiger partial charge is 0.444 e. The van der Waals surface area contributed by atoms with Crippen molar-refractivity contribution in [2.75, 3.05) is 18.0 Å². The highest BCUT2D eigenvalue weighted by Gasteiger charge is 2.32. The Morgan fingerprint density at radius 1 is 1.39 bits per heavy atom. The molecule has 0 aliphatic carbocycles. The van der Waals surface area contributed by atoms with E-state index in [1.54, 1.807) is 12.3 Å². The molecular formula is C19H27N5O4. The van der Waals surface area contributed by atoms with E-state index in [0.29, 0.717) is 25.2 Å². The third-order valence-electron chi connectivity index (χ3n) is 4.64. The van der Waals surface area contributed by atoms with Gasteiger partial charge in [-0.2, -0.15) is 5.10 Å². The second-order valence-electron chi connectivity index (χ2n) is 8.38. The lowest BCUT2D eigenvalue weighted by Gasteiger charge is -2.22. The second kappa shape index (κ2) is 7.29. The average Bonchev–Trinajstić information content (AvgIpc) is 3.18. The number of nitrogens with zero attached hydrogens (tertiary/aromatic N) is 4. The molecule has 9 nitrogen and oxygen atoms in total. The smallest absolute Gasteiger partial charge is 0.407 e. The summed E-state index contributed by atoms with van der Waals surface area (Å²) >= 11 is 0. The summed E-state index contributed by atoms with van der Waals surface area (Å²) in [6, 6.07) is 3.29. The number of amides is 1. The van der Waals surface area contributed by atoms with Crippen LogP contribution < -0.4 is 10.2 Å². The Labute approximate surface area is 163 Å². The van der Waals surface area contributed by atoms with Gasteiger partial charge in [-0.25, -0.2) is 4.79 Å². The van der Waals surface area contributed by atoms with Gasteiger partial charge in [0.2, 0.25) is 0 Å². The Kier molecular flexibility index (Phi) is 5.18. The number of ether oxygens (including phenoxy) is 1. The van der Waals surface area contributed by atoms with Gasteiger partial charge in [-0.05, 0) is 47.1 Å². The minimum atomic E-state index is -0.571. The molecule has 1 aromatic heterocycles. The van der Waals surface area contributed by atoms with Crippen LogP contribution in [-0.4, -0.2) is 45.5 Å². The van der Waals surface area contributed by atoms with Gasteiger partial charge >= 0.3 is 6.09 Å². The number of nitro benzene ring substituents is 1. The highest BCUT2D eigenvalue weighted by Crippen LogP contribution is 2.38. The summed E-state index contributed by atoms with van der Waals surface area (Å²) in [7, 11) is 0. The molecule has 1 saturated heterocycles. The van der Waals surface area contributed by atoms with E-state index in [1.807, 2.05) is 44.2 Å². The van der Waals surface area contributed by atoms with Crippen molar-refractivity contribution in [2.45, 2.75) is 58.7 Å². The van der Waals surface area contributed by atoms with Gasteiger partial charge in [0.15, 0.2) is 0 Å². The van der Waals surface area contributed by atoms with Gasteiger partial charge in [-0.1, -0.05) is 0 Å². The van der Waals surface area contributed by atoms with Crippen LogP contribution in [0.4, 0.5) is 16.2 Å². The van der Waals surface area contributed by atoms with Crippen molar-refractivity contribution < 1.29 is 14.5 Å². The third kappa shape index (κ3) is 4.02. The van der Waals surface area contributed by atoms with Crippen LogP contribution >= 0.6 is 0 Å². The Bertz CT molecular complexity index is 900. The quantitative estimate of drug-likeness (QED) is 0.633. The first-order chi connectivity index (χ1) is 13.1. The molecule has 28 heavy (non-hydrogen) atoms. The molecule has 1 atom stereocenters. The Morgan fingerprint density at radius 3 is 2.71 bits per heavy atom. The second-order valence-corrected chi connectivity index (χ2v) is 8.38. The standard InChI is InChI=1S/C19H27N5O4/c1-12(2)23-15-6-7-16(24(26)27)17(14(15)10-20-23)22-9-8-13(11-22)21-18(25)28-19(3,4)5/h6-7,10,12-13H,8-9,11H2,1-5H3,(H,21,25). The van der Waals surface area contributed by atoms with Gasteiger partial charge in [0.1, 0.15) is 11.3 Å². The molecule has 0 radical (unpaired) electrons. The lowest BCUT2D eigenvalue weighted by atomic mass is 10.1. The van der Waals surface area contributed by atoms with Gasteiger partial charge in [-0.15, -0.1) is 0 Å². The van der Waals surface area contributed by atoms with Gasteiger partial charge < -0.3 is 15.0 Å². The van der Waals surface area contributed by atoms with Gasteiger partial charge in [-0.3, -0.25) is 14.8 Å². The molecule has 0 saturated carbocycles. The fourth-order valence-corrected chi connectivity index (χ4v) is 3.54. The molecule has 2 heterocycles. The Hall–Kier alpha value is -2.84. The average molecular weight is 389 g/mol. The maximum absolute atomic E-state index is 12.1. The van der Waals surface area contributed by atoms with Gasteiger partial charge in [0.25, 0.3) is 5.69 Å². The lowest BCUT2D eigenvalue weighted by Crippen LogP contribution is -2.40. The van der Waals surface area contributed by atoms with E-state index in [4.69, 9.17) is 4.74 Å². The molecule has 9 heteroatoms. The molecular weight excluding hydrogens is 362 g/mol. The van der Waals surface area contributed by atoms with Crippen LogP contribution in [0.1, 0.15) is 47.1 Å². The number of nitro groups is 1. The first-order valence-electron chi connectivity index (χ1n) is 9.46. The van der Waals surface area contributed by atoms with Crippen molar-refractivity contribution in [2.24, 2.45) is 0 Å². The SMILES string of the molecule is CC(C)n1ncc2c(N3CCC(NC(=O)OC(C)(C)C)C3)c([N+](=O)[O-])ccc21. The number of benzene rings is 1. The summed E-state index contributed by atoms with van der Waals surface area (Å²) in [6.45, 7) is 10.5. The molecule has 1 fully saturated rings. The number of carbonyl (C=O) groups excluding carboxylic acids is 1. The minimum Gasteiger partial charge on any atom is -0.444 e. The van der Waals surface area contributed by atoms with E-state index in [2.05, 4.69) is 10.4 Å². The molecule has 1 unspecified atom stereocenters. The van der Waals surface area contributed by atoms with E-state index >= 15 is 0 Å². The summed E-state index contributed by atoms with van der Waals surface area (Å²) in [4.78, 5) is 25.3. The topological polar surface area (TPSA) is 103 Å². The Balaban J connectivity index is 1.88. The molecule has 3 rings (SSSR count). The molecule has 1 amide bonds. The summed E-state index contributed by atoms with van der Waals surface area (Å²) in [5.74, 6) is 0. The van der Waals surface area contributed by atoms with E-state index in [-0.39, 0.29) is 22.7 Å². The zero-order chi connectivity index (χ0) is 20.6. The van der Waals surface area contributed by atoms with Crippen LogP contribution in [0, 0.1) is 10.1 Å². The summed E-state index contributed by atoms with van der Waals surface area (Å²) in [5, 5.41) is 19.7. The predicted molar refractivity (Wildman–Crippen MR) is 107 cm³/mol. The number of aromatic nitrogens is 2. The van der Waals surface area contributed by atoms with Crippen molar-refractivity contribution in [3.63, 3.8) is 0 Å². The van der Waals surface area contributed by atoms with Crippen LogP contribution in [0.15, 0.2) is 18.3 Å². The molecule has 1 aromatic carbocycles. The lowest BCUT2D eigenvalue weighted by molar-refractivity contribution is -0.384. The van der Waals surface area contributed by atoms with Crippen molar-refractivity contribution in [3.05, 3.63) is 28.4 Å². The molecule has 2 aromatic rings. The molecule has 152 valence electrons. The molecule has 0 bridgehead atoms. The van der Waals surface area contributed by atoms with Crippen molar-refractivity contribution in [1.82, 2.24) is 15.1 Å². The number of rotatable bonds is 4. The Morgan fingerprint density at radius 2 is 2.11 bits per heavy atom. The number of fused-ring (bicyclic) bond motifs is 1. The van der Waals surface area contributed by atoms with E-state index < -0.39 is 11.7 Å². The van der Waals surface area contributed by atoms with Crippen molar-refractivity contribution in [3.8, 4) is 0 Å². The maximum Gasteiger partial charge on any atom is 0.407 e. The summed E-state index contributed by atoms with van der Waals surface area (Å²) < 4.78 is 7.17. The monoisotopic (exact) mass is 389 g/mol.